The number of carboxylic acids is 1. The van der Waals surface area contributed by atoms with Crippen LogP contribution in [0.2, 0.25) is 0 Å². The van der Waals surface area contributed by atoms with Gasteiger partial charge in [-0.05, 0) is 6.92 Å². The Morgan fingerprint density at radius 1 is 1.62 bits per heavy atom. The van der Waals surface area contributed by atoms with Gasteiger partial charge in [0.1, 0.15) is 5.56 Å². The first-order chi connectivity index (χ1) is 6.07. The number of rotatable bonds is 2. The highest BCUT2D eigenvalue weighted by Gasteiger charge is 2.17. The fraction of sp³-hybridized carbons (Fsp3) is 0.125. The first-order valence-corrected chi connectivity index (χ1v) is 3.45. The fourth-order valence-electron chi connectivity index (χ4n) is 0.924. The molecule has 5 nitrogen and oxygen atoms in total. The zero-order valence-corrected chi connectivity index (χ0v) is 6.81. The van der Waals surface area contributed by atoms with Gasteiger partial charge in [-0.1, -0.05) is 0 Å². The molecule has 0 unspecified atom stereocenters. The van der Waals surface area contributed by atoms with Crippen LogP contribution in [0.5, 0.6) is 5.75 Å². The van der Waals surface area contributed by atoms with Gasteiger partial charge in [0.25, 0.3) is 0 Å². The van der Waals surface area contributed by atoms with Gasteiger partial charge in [0.2, 0.25) is 0 Å². The van der Waals surface area contributed by atoms with E-state index in [4.69, 9.17) is 5.11 Å². The van der Waals surface area contributed by atoms with Gasteiger partial charge in [0.05, 0.1) is 11.3 Å². The quantitative estimate of drug-likeness (QED) is 0.652. The van der Waals surface area contributed by atoms with E-state index in [0.717, 1.165) is 6.20 Å². The molecule has 0 atom stereocenters. The van der Waals surface area contributed by atoms with Crippen LogP contribution >= 0.6 is 0 Å². The molecule has 0 spiro atoms. The molecule has 0 bridgehead atoms. The predicted octanol–water partition coefficient (Wildman–Crippen LogP) is 0.606. The van der Waals surface area contributed by atoms with Gasteiger partial charge in [0.15, 0.2) is 12.0 Å². The zero-order valence-electron chi connectivity index (χ0n) is 6.81. The molecule has 1 heterocycles. The third kappa shape index (κ3) is 1.48. The molecule has 0 saturated carbocycles. The van der Waals surface area contributed by atoms with Crippen molar-refractivity contribution in [1.82, 2.24) is 4.98 Å². The van der Waals surface area contributed by atoms with Crippen molar-refractivity contribution < 1.29 is 19.8 Å². The summed E-state index contributed by atoms with van der Waals surface area (Å²) >= 11 is 0. The highest BCUT2D eigenvalue weighted by molar-refractivity contribution is 5.99. The maximum absolute atomic E-state index is 10.6. The first kappa shape index (κ1) is 9.18. The number of aldehydes is 1. The number of hydrogen-bond donors (Lipinski definition) is 2. The second-order valence-corrected chi connectivity index (χ2v) is 2.45. The molecule has 0 aliphatic rings. The summed E-state index contributed by atoms with van der Waals surface area (Å²) in [5, 5.41) is 17.9. The number of pyridine rings is 1. The minimum absolute atomic E-state index is 0.129. The Morgan fingerprint density at radius 2 is 2.23 bits per heavy atom. The van der Waals surface area contributed by atoms with E-state index in [1.807, 2.05) is 0 Å². The van der Waals surface area contributed by atoms with E-state index in [1.165, 1.54) is 6.92 Å². The summed E-state index contributed by atoms with van der Waals surface area (Å²) in [6, 6.07) is 0. The Morgan fingerprint density at radius 3 is 2.69 bits per heavy atom. The number of aromatic nitrogens is 1. The number of nitrogens with zero attached hydrogens (tertiary/aromatic N) is 1. The second kappa shape index (κ2) is 3.22. The van der Waals surface area contributed by atoms with Gasteiger partial charge in [0, 0.05) is 6.20 Å². The van der Waals surface area contributed by atoms with Crippen molar-refractivity contribution in [2.75, 3.05) is 0 Å². The van der Waals surface area contributed by atoms with Crippen molar-refractivity contribution in [1.29, 1.82) is 0 Å². The summed E-state index contributed by atoms with van der Waals surface area (Å²) in [5.74, 6) is -1.80. The van der Waals surface area contributed by atoms with E-state index < -0.39 is 17.3 Å². The smallest absolute Gasteiger partial charge is 0.340 e. The third-order valence-corrected chi connectivity index (χ3v) is 1.61. The van der Waals surface area contributed by atoms with Gasteiger partial charge >= 0.3 is 5.97 Å². The van der Waals surface area contributed by atoms with Crippen LogP contribution in [0.4, 0.5) is 0 Å². The Bertz CT molecular complexity index is 373. The molecule has 0 saturated heterocycles. The summed E-state index contributed by atoms with van der Waals surface area (Å²) in [6.45, 7) is 1.45. The van der Waals surface area contributed by atoms with E-state index in [0.29, 0.717) is 6.29 Å². The van der Waals surface area contributed by atoms with Crippen LogP contribution in [-0.4, -0.2) is 27.5 Å². The van der Waals surface area contributed by atoms with Gasteiger partial charge in [-0.2, -0.15) is 0 Å². The van der Waals surface area contributed by atoms with Crippen LogP contribution < -0.4 is 0 Å². The molecule has 1 aromatic heterocycles. The first-order valence-electron chi connectivity index (χ1n) is 3.45. The van der Waals surface area contributed by atoms with Crippen LogP contribution in [0.15, 0.2) is 6.20 Å². The average molecular weight is 181 g/mol. The normalized spacial score (nSPS) is 9.62. The van der Waals surface area contributed by atoms with Crippen LogP contribution in [0, 0.1) is 6.92 Å². The lowest BCUT2D eigenvalue weighted by Gasteiger charge is -2.03. The van der Waals surface area contributed by atoms with Gasteiger partial charge < -0.3 is 10.2 Å². The Kier molecular flexibility index (Phi) is 2.27. The van der Waals surface area contributed by atoms with E-state index in [-0.39, 0.29) is 11.3 Å². The number of hydrogen-bond acceptors (Lipinski definition) is 4. The summed E-state index contributed by atoms with van der Waals surface area (Å²) in [5.41, 5.74) is -0.346. The largest absolute Gasteiger partial charge is 0.505 e. The number of carboxylic acid groups (broad SMARTS) is 1. The van der Waals surface area contributed by atoms with Crippen LogP contribution in [0.25, 0.3) is 0 Å². The third-order valence-electron chi connectivity index (χ3n) is 1.61. The van der Waals surface area contributed by atoms with Crippen LogP contribution in [0.1, 0.15) is 26.4 Å². The average Bonchev–Trinajstić information content (AvgIpc) is 2.08. The van der Waals surface area contributed by atoms with E-state index in [9.17, 15) is 14.7 Å². The van der Waals surface area contributed by atoms with E-state index >= 15 is 0 Å². The van der Waals surface area contributed by atoms with Crippen LogP contribution in [-0.2, 0) is 0 Å². The monoisotopic (exact) mass is 181 g/mol. The maximum atomic E-state index is 10.6. The molecule has 2 N–H and O–H groups in total. The van der Waals surface area contributed by atoms with Crippen LogP contribution in [0.3, 0.4) is 0 Å². The minimum Gasteiger partial charge on any atom is -0.505 e. The fourth-order valence-corrected chi connectivity index (χ4v) is 0.924. The summed E-state index contributed by atoms with van der Waals surface area (Å²) in [4.78, 5) is 24.6. The minimum atomic E-state index is -1.34. The molecule has 0 aliphatic carbocycles. The molecular weight excluding hydrogens is 174 g/mol. The molecule has 13 heavy (non-hydrogen) atoms. The lowest BCUT2D eigenvalue weighted by molar-refractivity contribution is 0.0690. The lowest BCUT2D eigenvalue weighted by atomic mass is 10.1. The topological polar surface area (TPSA) is 87.5 Å². The molecule has 0 amide bonds. The zero-order chi connectivity index (χ0) is 10.0. The number of aromatic hydroxyl groups is 1. The lowest BCUT2D eigenvalue weighted by Crippen LogP contribution is -2.04. The highest BCUT2D eigenvalue weighted by atomic mass is 16.4. The molecule has 68 valence electrons. The Hall–Kier alpha value is -1.91. The second-order valence-electron chi connectivity index (χ2n) is 2.45. The Labute approximate surface area is 73.7 Å². The van der Waals surface area contributed by atoms with Crippen molar-refractivity contribution in [3.05, 3.63) is 23.0 Å². The molecule has 0 fully saturated rings. The van der Waals surface area contributed by atoms with Crippen molar-refractivity contribution in [3.8, 4) is 5.75 Å². The molecule has 1 rings (SSSR count). The van der Waals surface area contributed by atoms with Gasteiger partial charge in [-0.25, -0.2) is 4.79 Å². The summed E-state index contributed by atoms with van der Waals surface area (Å²) in [6.07, 6.45) is 1.46. The standard InChI is InChI=1S/C8H7NO4/c1-4-7(11)6(8(12)13)5(3-10)2-9-4/h2-3,11H,1H3,(H,12,13). The molecule has 5 heteroatoms. The molecule has 0 aliphatic heterocycles. The molecule has 0 aromatic carbocycles. The number of aromatic carboxylic acids is 1. The van der Waals surface area contributed by atoms with Crippen molar-refractivity contribution >= 4 is 12.3 Å². The molecular formula is C8H7NO4. The van der Waals surface area contributed by atoms with E-state index in [1.54, 1.807) is 0 Å². The summed E-state index contributed by atoms with van der Waals surface area (Å²) < 4.78 is 0. The predicted molar refractivity (Wildman–Crippen MR) is 43.0 cm³/mol. The molecule has 0 radical (unpaired) electrons. The Balaban J connectivity index is 3.50. The van der Waals surface area contributed by atoms with Crippen molar-refractivity contribution in [2.24, 2.45) is 0 Å². The number of carbonyl (C=O) groups excluding carboxylic acids is 1. The maximum Gasteiger partial charge on any atom is 0.340 e. The van der Waals surface area contributed by atoms with Crippen molar-refractivity contribution in [3.63, 3.8) is 0 Å². The SMILES string of the molecule is Cc1ncc(C=O)c(C(=O)O)c1O. The summed E-state index contributed by atoms with van der Waals surface area (Å²) in [7, 11) is 0. The van der Waals surface area contributed by atoms with E-state index in [2.05, 4.69) is 4.98 Å². The van der Waals surface area contributed by atoms with Gasteiger partial charge in [-0.3, -0.25) is 9.78 Å². The molecule has 1 aromatic rings. The van der Waals surface area contributed by atoms with Crippen molar-refractivity contribution in [2.45, 2.75) is 6.92 Å². The number of carbonyl (C=O) groups is 2. The highest BCUT2D eigenvalue weighted by Crippen LogP contribution is 2.22. The number of aryl methyl sites for hydroxylation is 1. The van der Waals surface area contributed by atoms with Gasteiger partial charge in [-0.15, -0.1) is 0 Å².